The number of nitrogens with zero attached hydrogens (tertiary/aromatic N) is 3. The Bertz CT molecular complexity index is 900. The Kier molecular flexibility index (Phi) is 6.11. The van der Waals surface area contributed by atoms with Gasteiger partial charge in [-0.25, -0.2) is 8.78 Å². The van der Waals surface area contributed by atoms with E-state index in [-0.39, 0.29) is 23.4 Å². The molecule has 0 unspecified atom stereocenters. The topological polar surface area (TPSA) is 45.7 Å². The molecular weight excluding hydrogens is 388 g/mol. The van der Waals surface area contributed by atoms with Gasteiger partial charge in [0.2, 0.25) is 0 Å². The van der Waals surface area contributed by atoms with E-state index in [0.717, 1.165) is 32.5 Å². The Balaban J connectivity index is 1.37. The summed E-state index contributed by atoms with van der Waals surface area (Å²) >= 11 is 0. The first-order valence-corrected chi connectivity index (χ1v) is 10.5. The molecule has 1 amide bonds. The second kappa shape index (κ2) is 8.78. The van der Waals surface area contributed by atoms with Crippen LogP contribution in [0.2, 0.25) is 0 Å². The van der Waals surface area contributed by atoms with Crippen LogP contribution in [-0.2, 0) is 11.2 Å². The van der Waals surface area contributed by atoms with Gasteiger partial charge in [-0.15, -0.1) is 0 Å². The van der Waals surface area contributed by atoms with E-state index in [4.69, 9.17) is 4.74 Å². The molecule has 2 aliphatic rings. The van der Waals surface area contributed by atoms with Crippen molar-refractivity contribution in [2.45, 2.75) is 37.9 Å². The Morgan fingerprint density at radius 2 is 1.90 bits per heavy atom. The van der Waals surface area contributed by atoms with Crippen molar-refractivity contribution in [3.8, 4) is 0 Å². The second-order valence-electron chi connectivity index (χ2n) is 8.30. The summed E-state index contributed by atoms with van der Waals surface area (Å²) in [4.78, 5) is 21.1. The van der Waals surface area contributed by atoms with Crippen LogP contribution in [0.25, 0.3) is 0 Å². The molecule has 3 heterocycles. The zero-order valence-corrected chi connectivity index (χ0v) is 17.2. The third-order valence-electron chi connectivity index (χ3n) is 6.07. The fraction of sp³-hybridized carbons (Fsp3) is 0.478. The number of hydrogen-bond donors (Lipinski definition) is 0. The SMILES string of the molecule is C[C@@H]1CN(C(=O)c2ccccc2F)CC2(CCN(CCc3ncccc3F)CC2)O1. The minimum atomic E-state index is -0.493. The fourth-order valence-corrected chi connectivity index (χ4v) is 4.51. The molecule has 1 aromatic heterocycles. The molecule has 5 nitrogen and oxygen atoms in total. The number of likely N-dealkylation sites (tertiary alicyclic amines) is 1. The lowest BCUT2D eigenvalue weighted by molar-refractivity contribution is -0.161. The molecule has 2 fully saturated rings. The molecule has 0 N–H and O–H groups in total. The summed E-state index contributed by atoms with van der Waals surface area (Å²) in [6.07, 6.45) is 3.63. The van der Waals surface area contributed by atoms with Crippen molar-refractivity contribution in [2.24, 2.45) is 0 Å². The largest absolute Gasteiger partial charge is 0.368 e. The zero-order valence-electron chi connectivity index (χ0n) is 17.2. The average Bonchev–Trinajstić information content (AvgIpc) is 2.74. The Hall–Kier alpha value is -2.38. The third kappa shape index (κ3) is 4.52. The molecule has 30 heavy (non-hydrogen) atoms. The molecule has 0 bridgehead atoms. The van der Waals surface area contributed by atoms with Crippen LogP contribution in [0.5, 0.6) is 0 Å². The highest BCUT2D eigenvalue weighted by Crippen LogP contribution is 2.33. The molecule has 4 rings (SSSR count). The van der Waals surface area contributed by atoms with Gasteiger partial charge in [0.15, 0.2) is 0 Å². The molecule has 2 aromatic rings. The fourth-order valence-electron chi connectivity index (χ4n) is 4.51. The number of ether oxygens (including phenoxy) is 1. The molecule has 160 valence electrons. The number of amides is 1. The van der Waals surface area contributed by atoms with Crippen LogP contribution in [0.15, 0.2) is 42.6 Å². The maximum absolute atomic E-state index is 14.1. The number of aromatic nitrogens is 1. The molecule has 1 atom stereocenters. The predicted octanol–water partition coefficient (Wildman–Crippen LogP) is 3.30. The van der Waals surface area contributed by atoms with Gasteiger partial charge in [-0.2, -0.15) is 0 Å². The van der Waals surface area contributed by atoms with E-state index < -0.39 is 11.4 Å². The number of rotatable bonds is 4. The van der Waals surface area contributed by atoms with Gasteiger partial charge in [-0.05, 0) is 44.0 Å². The van der Waals surface area contributed by atoms with Crippen LogP contribution in [0.4, 0.5) is 8.78 Å². The van der Waals surface area contributed by atoms with Crippen LogP contribution >= 0.6 is 0 Å². The number of carbonyl (C=O) groups excluding carboxylic acids is 1. The van der Waals surface area contributed by atoms with Gasteiger partial charge in [0.25, 0.3) is 5.91 Å². The van der Waals surface area contributed by atoms with E-state index >= 15 is 0 Å². The average molecular weight is 415 g/mol. The maximum Gasteiger partial charge on any atom is 0.257 e. The predicted molar refractivity (Wildman–Crippen MR) is 109 cm³/mol. The van der Waals surface area contributed by atoms with Crippen molar-refractivity contribution in [2.75, 3.05) is 32.7 Å². The third-order valence-corrected chi connectivity index (χ3v) is 6.07. The van der Waals surface area contributed by atoms with Crippen molar-refractivity contribution in [1.29, 1.82) is 0 Å². The first kappa shape index (κ1) is 20.9. The number of hydrogen-bond acceptors (Lipinski definition) is 4. The molecule has 0 saturated carbocycles. The Labute approximate surface area is 175 Å². The molecule has 1 spiro atoms. The van der Waals surface area contributed by atoms with Gasteiger partial charge in [-0.3, -0.25) is 9.78 Å². The van der Waals surface area contributed by atoms with E-state index in [1.807, 2.05) is 6.92 Å². The summed E-state index contributed by atoms with van der Waals surface area (Å²) in [5.41, 5.74) is 0.185. The second-order valence-corrected chi connectivity index (χ2v) is 8.30. The number of piperidine rings is 1. The maximum atomic E-state index is 14.1. The molecule has 0 radical (unpaired) electrons. The quantitative estimate of drug-likeness (QED) is 0.769. The van der Waals surface area contributed by atoms with Crippen molar-refractivity contribution in [3.05, 3.63) is 65.5 Å². The molecule has 1 aromatic carbocycles. The first-order valence-electron chi connectivity index (χ1n) is 10.5. The highest BCUT2D eigenvalue weighted by molar-refractivity contribution is 5.94. The summed E-state index contributed by atoms with van der Waals surface area (Å²) in [5, 5.41) is 0. The van der Waals surface area contributed by atoms with Crippen molar-refractivity contribution in [3.63, 3.8) is 0 Å². The summed E-state index contributed by atoms with van der Waals surface area (Å²) in [6, 6.07) is 9.14. The molecule has 7 heteroatoms. The van der Waals surface area contributed by atoms with Crippen LogP contribution in [0, 0.1) is 11.6 Å². The summed E-state index contributed by atoms with van der Waals surface area (Å²) in [5.74, 6) is -1.04. The van der Waals surface area contributed by atoms with Crippen molar-refractivity contribution in [1.82, 2.24) is 14.8 Å². The van der Waals surface area contributed by atoms with Crippen molar-refractivity contribution < 1.29 is 18.3 Å². The number of pyridine rings is 1. The zero-order chi connectivity index (χ0) is 21.1. The van der Waals surface area contributed by atoms with E-state index in [2.05, 4.69) is 9.88 Å². The smallest absolute Gasteiger partial charge is 0.257 e. The Morgan fingerprint density at radius 1 is 1.17 bits per heavy atom. The monoisotopic (exact) mass is 415 g/mol. The van der Waals surface area contributed by atoms with Crippen LogP contribution < -0.4 is 0 Å². The van der Waals surface area contributed by atoms with Gasteiger partial charge in [0.05, 0.1) is 29.5 Å². The molecule has 2 aliphatic heterocycles. The summed E-state index contributed by atoms with van der Waals surface area (Å²) in [7, 11) is 0. The van der Waals surface area contributed by atoms with Gasteiger partial charge in [0.1, 0.15) is 11.6 Å². The van der Waals surface area contributed by atoms with Gasteiger partial charge < -0.3 is 14.5 Å². The molecule has 0 aliphatic carbocycles. The number of morpholine rings is 1. The number of halogens is 2. The Morgan fingerprint density at radius 3 is 2.63 bits per heavy atom. The van der Waals surface area contributed by atoms with E-state index in [1.165, 1.54) is 18.2 Å². The lowest BCUT2D eigenvalue weighted by atomic mass is 9.88. The molecule has 2 saturated heterocycles. The van der Waals surface area contributed by atoms with Gasteiger partial charge >= 0.3 is 0 Å². The normalized spacial score (nSPS) is 21.7. The van der Waals surface area contributed by atoms with Crippen LogP contribution in [0.3, 0.4) is 0 Å². The molecular formula is C23H27F2N3O2. The van der Waals surface area contributed by atoms with Gasteiger partial charge in [-0.1, -0.05) is 12.1 Å². The van der Waals surface area contributed by atoms with Crippen molar-refractivity contribution >= 4 is 5.91 Å². The summed E-state index contributed by atoms with van der Waals surface area (Å²) in [6.45, 7) is 5.23. The summed E-state index contributed by atoms with van der Waals surface area (Å²) < 4.78 is 34.2. The number of carbonyl (C=O) groups is 1. The minimum Gasteiger partial charge on any atom is -0.368 e. The lowest BCUT2D eigenvalue weighted by Crippen LogP contribution is -2.60. The van der Waals surface area contributed by atoms with Crippen LogP contribution in [0.1, 0.15) is 35.8 Å². The van der Waals surface area contributed by atoms with E-state index in [0.29, 0.717) is 25.2 Å². The number of benzene rings is 1. The van der Waals surface area contributed by atoms with Gasteiger partial charge in [0, 0.05) is 38.8 Å². The first-order chi connectivity index (χ1) is 14.5. The minimum absolute atomic E-state index is 0.108. The highest BCUT2D eigenvalue weighted by atomic mass is 19.1. The van der Waals surface area contributed by atoms with E-state index in [1.54, 1.807) is 29.3 Å². The van der Waals surface area contributed by atoms with E-state index in [9.17, 15) is 13.6 Å². The lowest BCUT2D eigenvalue weighted by Gasteiger charge is -2.49. The standard InChI is InChI=1S/C23H27F2N3O2/c1-17-15-28(22(29)18-5-2-3-6-19(18)24)16-23(30-17)9-13-27(14-10-23)12-8-21-20(25)7-4-11-26-21/h2-7,11,17H,8-10,12-16H2,1H3/t17-/m1/s1. The highest BCUT2D eigenvalue weighted by Gasteiger charge is 2.43. The van der Waals surface area contributed by atoms with Crippen LogP contribution in [-0.4, -0.2) is 65.1 Å².